The summed E-state index contributed by atoms with van der Waals surface area (Å²) in [4.78, 5) is 4.08. The molecule has 0 heterocycles. The van der Waals surface area contributed by atoms with Crippen molar-refractivity contribution in [2.75, 3.05) is 19.8 Å². The molecule has 0 aliphatic carbocycles. The van der Waals surface area contributed by atoms with Crippen LogP contribution in [0.2, 0.25) is 0 Å². The van der Waals surface area contributed by atoms with Crippen LogP contribution in [0.5, 0.6) is 5.75 Å². The van der Waals surface area contributed by atoms with Gasteiger partial charge in [-0.25, -0.2) is 4.99 Å². The molecular formula is C15H20F3N3O2. The van der Waals surface area contributed by atoms with Crippen molar-refractivity contribution in [1.29, 1.82) is 0 Å². The first kappa shape index (κ1) is 18.8. The number of guanidine groups is 1. The van der Waals surface area contributed by atoms with Gasteiger partial charge in [0, 0.05) is 6.54 Å². The van der Waals surface area contributed by atoms with Gasteiger partial charge in [0.25, 0.3) is 0 Å². The third-order valence-electron chi connectivity index (χ3n) is 2.49. The zero-order valence-corrected chi connectivity index (χ0v) is 12.8. The second kappa shape index (κ2) is 9.04. The topological polar surface area (TPSA) is 68.9 Å². The van der Waals surface area contributed by atoms with Crippen molar-refractivity contribution in [3.63, 3.8) is 0 Å². The van der Waals surface area contributed by atoms with Crippen LogP contribution in [0.15, 0.2) is 41.4 Å². The van der Waals surface area contributed by atoms with Crippen molar-refractivity contribution < 1.29 is 22.6 Å². The Kier molecular flexibility index (Phi) is 7.40. The first-order valence-electron chi connectivity index (χ1n) is 6.87. The number of rotatable bonds is 8. The van der Waals surface area contributed by atoms with E-state index in [0.29, 0.717) is 25.3 Å². The minimum absolute atomic E-state index is 0.236. The smallest absolute Gasteiger partial charge is 0.406 e. The van der Waals surface area contributed by atoms with Crippen molar-refractivity contribution in [2.24, 2.45) is 10.7 Å². The Balaban J connectivity index is 2.34. The van der Waals surface area contributed by atoms with Gasteiger partial charge in [-0.3, -0.25) is 0 Å². The number of nitrogens with one attached hydrogen (secondary N) is 1. The fraction of sp³-hybridized carbons (Fsp3) is 0.400. The highest BCUT2D eigenvalue weighted by molar-refractivity contribution is 5.77. The number of nitrogens with two attached hydrogens (primary N) is 1. The van der Waals surface area contributed by atoms with Crippen LogP contribution in [0.4, 0.5) is 13.2 Å². The first-order valence-corrected chi connectivity index (χ1v) is 6.87. The Labute approximate surface area is 133 Å². The van der Waals surface area contributed by atoms with Gasteiger partial charge in [-0.2, -0.15) is 0 Å². The summed E-state index contributed by atoms with van der Waals surface area (Å²) in [7, 11) is 0. The van der Waals surface area contributed by atoms with Crippen molar-refractivity contribution in [3.05, 3.63) is 42.0 Å². The lowest BCUT2D eigenvalue weighted by Gasteiger charge is -2.09. The molecule has 1 aromatic rings. The number of ether oxygens (including phenoxy) is 2. The third kappa shape index (κ3) is 9.41. The molecule has 0 spiro atoms. The monoisotopic (exact) mass is 331 g/mol. The first-order chi connectivity index (χ1) is 10.8. The summed E-state index contributed by atoms with van der Waals surface area (Å²) >= 11 is 0. The number of aliphatic imine (C=N–C) groups is 1. The number of halogens is 3. The highest BCUT2D eigenvalue weighted by Gasteiger charge is 2.30. The average molecular weight is 331 g/mol. The normalized spacial score (nSPS) is 12.1. The summed E-state index contributed by atoms with van der Waals surface area (Å²) in [6.45, 7) is 7.29. The second-order valence-corrected chi connectivity index (χ2v) is 4.83. The molecule has 0 bridgehead atoms. The number of alkyl halides is 3. The Hall–Kier alpha value is -2.22. The summed E-state index contributed by atoms with van der Waals surface area (Å²) in [6.07, 6.45) is -4.69. The molecule has 5 nitrogen and oxygen atoms in total. The molecule has 0 unspecified atom stereocenters. The van der Waals surface area contributed by atoms with Crippen LogP contribution in [0.1, 0.15) is 12.5 Å². The molecule has 0 saturated carbocycles. The Bertz CT molecular complexity index is 528. The molecule has 128 valence electrons. The molecule has 0 aliphatic heterocycles. The summed E-state index contributed by atoms with van der Waals surface area (Å²) < 4.78 is 45.2. The van der Waals surface area contributed by atoms with Gasteiger partial charge in [0.05, 0.1) is 19.8 Å². The number of benzene rings is 1. The predicted octanol–water partition coefficient (Wildman–Crippen LogP) is 2.58. The molecular weight excluding hydrogens is 311 g/mol. The fourth-order valence-electron chi connectivity index (χ4n) is 1.53. The molecule has 0 amide bonds. The van der Waals surface area contributed by atoms with E-state index >= 15 is 0 Å². The highest BCUT2D eigenvalue weighted by atomic mass is 19.4. The molecule has 0 aliphatic rings. The predicted molar refractivity (Wildman–Crippen MR) is 82.1 cm³/mol. The van der Waals surface area contributed by atoms with E-state index in [0.717, 1.165) is 5.57 Å². The minimum atomic E-state index is -4.69. The van der Waals surface area contributed by atoms with Crippen LogP contribution in [-0.4, -0.2) is 32.1 Å². The Morgan fingerprint density at radius 3 is 2.52 bits per heavy atom. The van der Waals surface area contributed by atoms with Gasteiger partial charge in [0.1, 0.15) is 5.75 Å². The van der Waals surface area contributed by atoms with E-state index in [1.807, 2.05) is 6.92 Å². The van der Waals surface area contributed by atoms with Crippen LogP contribution in [0.25, 0.3) is 0 Å². The minimum Gasteiger partial charge on any atom is -0.406 e. The summed E-state index contributed by atoms with van der Waals surface area (Å²) in [6, 6.07) is 5.45. The van der Waals surface area contributed by atoms with E-state index in [2.05, 4.69) is 21.6 Å². The van der Waals surface area contributed by atoms with E-state index in [4.69, 9.17) is 10.5 Å². The maximum Gasteiger partial charge on any atom is 0.573 e. The fourth-order valence-corrected chi connectivity index (χ4v) is 1.53. The van der Waals surface area contributed by atoms with E-state index in [1.54, 1.807) is 0 Å². The lowest BCUT2D eigenvalue weighted by atomic mass is 10.2. The maximum absolute atomic E-state index is 12.0. The van der Waals surface area contributed by atoms with Crippen LogP contribution in [0, 0.1) is 0 Å². The standard InChI is InChI=1S/C15H20F3N3O2/c1-11(2)10-22-8-7-20-14(19)21-9-12-3-5-13(6-4-12)23-15(16,17)18/h3-6H,1,7-10H2,2H3,(H3,19,20,21). The molecule has 0 saturated heterocycles. The highest BCUT2D eigenvalue weighted by Crippen LogP contribution is 2.22. The van der Waals surface area contributed by atoms with Gasteiger partial charge >= 0.3 is 6.36 Å². The van der Waals surface area contributed by atoms with Crippen molar-refractivity contribution in [3.8, 4) is 5.75 Å². The van der Waals surface area contributed by atoms with Crippen LogP contribution in [-0.2, 0) is 11.3 Å². The quantitative estimate of drug-likeness (QED) is 0.332. The number of nitrogens with zero attached hydrogens (tertiary/aromatic N) is 1. The van der Waals surface area contributed by atoms with Crippen molar-refractivity contribution in [2.45, 2.75) is 19.8 Å². The molecule has 0 radical (unpaired) electrons. The van der Waals surface area contributed by atoms with Gasteiger partial charge in [0.2, 0.25) is 0 Å². The van der Waals surface area contributed by atoms with E-state index in [-0.39, 0.29) is 18.3 Å². The molecule has 8 heteroatoms. The molecule has 3 N–H and O–H groups in total. The lowest BCUT2D eigenvalue weighted by molar-refractivity contribution is -0.274. The lowest BCUT2D eigenvalue weighted by Crippen LogP contribution is -2.34. The van der Waals surface area contributed by atoms with Crippen molar-refractivity contribution >= 4 is 5.96 Å². The number of hydrogen-bond acceptors (Lipinski definition) is 3. The largest absolute Gasteiger partial charge is 0.573 e. The summed E-state index contributed by atoms with van der Waals surface area (Å²) in [5.74, 6) is -0.0365. The van der Waals surface area contributed by atoms with E-state index < -0.39 is 6.36 Å². The van der Waals surface area contributed by atoms with Gasteiger partial charge in [-0.1, -0.05) is 24.3 Å². The van der Waals surface area contributed by atoms with Crippen LogP contribution < -0.4 is 15.8 Å². The molecule has 0 atom stereocenters. The van der Waals surface area contributed by atoms with Gasteiger partial charge in [0.15, 0.2) is 5.96 Å². The van der Waals surface area contributed by atoms with Gasteiger partial charge in [-0.05, 0) is 24.6 Å². The molecule has 0 aromatic heterocycles. The molecule has 23 heavy (non-hydrogen) atoms. The van der Waals surface area contributed by atoms with E-state index in [1.165, 1.54) is 24.3 Å². The van der Waals surface area contributed by atoms with Crippen LogP contribution >= 0.6 is 0 Å². The molecule has 1 aromatic carbocycles. The third-order valence-corrected chi connectivity index (χ3v) is 2.49. The molecule has 1 rings (SSSR count). The van der Waals surface area contributed by atoms with Crippen molar-refractivity contribution in [1.82, 2.24) is 5.32 Å². The Morgan fingerprint density at radius 1 is 1.30 bits per heavy atom. The maximum atomic E-state index is 12.0. The Morgan fingerprint density at radius 2 is 1.96 bits per heavy atom. The van der Waals surface area contributed by atoms with Crippen LogP contribution in [0.3, 0.4) is 0 Å². The summed E-state index contributed by atoms with van der Waals surface area (Å²) in [5.41, 5.74) is 7.31. The average Bonchev–Trinajstić information content (AvgIpc) is 2.44. The zero-order chi connectivity index (χ0) is 17.3. The van der Waals surface area contributed by atoms with E-state index in [9.17, 15) is 13.2 Å². The zero-order valence-electron chi connectivity index (χ0n) is 12.8. The molecule has 0 fully saturated rings. The van der Waals surface area contributed by atoms with Gasteiger partial charge < -0.3 is 20.5 Å². The number of hydrogen-bond donors (Lipinski definition) is 2. The summed E-state index contributed by atoms with van der Waals surface area (Å²) in [5, 5.41) is 2.87. The second-order valence-electron chi connectivity index (χ2n) is 4.83. The SMILES string of the molecule is C=C(C)COCCNC(N)=NCc1ccc(OC(F)(F)F)cc1. The van der Waals surface area contributed by atoms with Gasteiger partial charge in [-0.15, -0.1) is 13.2 Å².